The predicted octanol–water partition coefficient (Wildman–Crippen LogP) is 3.93. The van der Waals surface area contributed by atoms with Gasteiger partial charge in [0.1, 0.15) is 16.5 Å². The summed E-state index contributed by atoms with van der Waals surface area (Å²) >= 11 is 1.20. The van der Waals surface area contributed by atoms with Gasteiger partial charge in [-0.25, -0.2) is 4.39 Å². The van der Waals surface area contributed by atoms with Crippen LogP contribution in [0.25, 0.3) is 10.2 Å². The number of nitrogens with zero attached hydrogens (tertiary/aromatic N) is 1. The minimum Gasteiger partial charge on any atom is -0.371 e. The maximum absolute atomic E-state index is 13.4. The lowest BCUT2D eigenvalue weighted by molar-refractivity contribution is 0.0277. The van der Waals surface area contributed by atoms with Gasteiger partial charge in [0.25, 0.3) is 11.8 Å². The maximum Gasteiger partial charge on any atom is 0.265 e. The second-order valence-corrected chi connectivity index (χ2v) is 8.56. The van der Waals surface area contributed by atoms with E-state index in [4.69, 9.17) is 4.74 Å². The highest BCUT2D eigenvalue weighted by atomic mass is 32.1. The molecule has 0 aliphatic carbocycles. The molecular formula is C23H20FN5O3S. The second kappa shape index (κ2) is 9.10. The topological polar surface area (TPSA) is 108 Å². The Kier molecular flexibility index (Phi) is 5.86. The van der Waals surface area contributed by atoms with Gasteiger partial charge >= 0.3 is 0 Å². The van der Waals surface area contributed by atoms with Gasteiger partial charge < -0.3 is 20.7 Å². The quantitative estimate of drug-likeness (QED) is 0.357. The van der Waals surface area contributed by atoms with Crippen molar-refractivity contribution in [1.82, 2.24) is 15.5 Å². The molecule has 1 aliphatic heterocycles. The van der Waals surface area contributed by atoms with Gasteiger partial charge in [0.2, 0.25) is 0 Å². The zero-order valence-corrected chi connectivity index (χ0v) is 18.2. The largest absolute Gasteiger partial charge is 0.371 e. The van der Waals surface area contributed by atoms with Crippen LogP contribution in [0.3, 0.4) is 0 Å². The fourth-order valence-electron chi connectivity index (χ4n) is 3.59. The number of aromatic nitrogens is 2. The molecule has 3 heterocycles. The van der Waals surface area contributed by atoms with Gasteiger partial charge in [-0.1, -0.05) is 18.2 Å². The Bertz CT molecular complexity index is 1310. The number of benzene rings is 2. The van der Waals surface area contributed by atoms with Gasteiger partial charge in [0.15, 0.2) is 0 Å². The fourth-order valence-corrected chi connectivity index (χ4v) is 4.48. The third-order valence-electron chi connectivity index (χ3n) is 5.27. The molecule has 4 aromatic rings. The first-order chi connectivity index (χ1) is 16.1. The number of fused-ring (bicyclic) bond motifs is 1. The summed E-state index contributed by atoms with van der Waals surface area (Å²) in [6.07, 6.45) is 0.00873. The Balaban J connectivity index is 1.27. The van der Waals surface area contributed by atoms with Crippen LogP contribution < -0.4 is 16.0 Å². The van der Waals surface area contributed by atoms with E-state index in [1.807, 2.05) is 24.3 Å². The highest BCUT2D eigenvalue weighted by Crippen LogP contribution is 2.30. The number of halogens is 1. The molecule has 0 bridgehead atoms. The summed E-state index contributed by atoms with van der Waals surface area (Å²) in [5.74, 6) is -0.902. The summed E-state index contributed by atoms with van der Waals surface area (Å²) in [5.41, 5.74) is 1.90. The molecule has 4 N–H and O–H groups in total. The molecule has 1 atom stereocenters. The van der Waals surface area contributed by atoms with Crippen molar-refractivity contribution in [1.29, 1.82) is 0 Å². The van der Waals surface area contributed by atoms with Crippen LogP contribution in [0.1, 0.15) is 31.7 Å². The van der Waals surface area contributed by atoms with Gasteiger partial charge in [-0.3, -0.25) is 14.7 Å². The molecule has 2 aromatic carbocycles. The Morgan fingerprint density at radius 2 is 1.94 bits per heavy atom. The SMILES string of the molecule is O=C(Nc1[nH]nc2sc(C(=O)Nc3ccc(C4CNCCO4)cc3)cc12)c1cccc(F)c1. The third kappa shape index (κ3) is 4.63. The molecule has 1 saturated heterocycles. The van der Waals surface area contributed by atoms with Crippen molar-refractivity contribution in [2.45, 2.75) is 6.10 Å². The fraction of sp³-hybridized carbons (Fsp3) is 0.174. The van der Waals surface area contributed by atoms with E-state index in [2.05, 4.69) is 26.1 Å². The number of carbonyl (C=O) groups is 2. The molecule has 0 saturated carbocycles. The van der Waals surface area contributed by atoms with Crippen molar-refractivity contribution in [3.05, 3.63) is 76.4 Å². The van der Waals surface area contributed by atoms with Crippen molar-refractivity contribution in [3.8, 4) is 0 Å². The molecular weight excluding hydrogens is 445 g/mol. The smallest absolute Gasteiger partial charge is 0.265 e. The lowest BCUT2D eigenvalue weighted by atomic mass is 10.1. The average molecular weight is 466 g/mol. The molecule has 0 spiro atoms. The number of morpholine rings is 1. The van der Waals surface area contributed by atoms with Crippen LogP contribution in [0.2, 0.25) is 0 Å². The van der Waals surface area contributed by atoms with Crippen molar-refractivity contribution >= 4 is 44.9 Å². The molecule has 0 radical (unpaired) electrons. The van der Waals surface area contributed by atoms with Crippen LogP contribution in [-0.2, 0) is 4.74 Å². The molecule has 2 aromatic heterocycles. The van der Waals surface area contributed by atoms with Gasteiger partial charge in [-0.05, 0) is 42.0 Å². The van der Waals surface area contributed by atoms with E-state index in [-0.39, 0.29) is 17.6 Å². The number of nitrogens with one attached hydrogen (secondary N) is 4. The molecule has 168 valence electrons. The van der Waals surface area contributed by atoms with Crippen LogP contribution in [0.4, 0.5) is 15.9 Å². The standard InChI is InChI=1S/C23H20FN5O3S/c24-15-3-1-2-14(10-15)21(30)27-20-17-11-19(33-23(17)29-28-20)22(31)26-16-6-4-13(5-7-16)18-12-25-8-9-32-18/h1-7,10-11,18,25H,8-9,12H2,(H,26,31)(H2,27,28,29,30). The van der Waals surface area contributed by atoms with E-state index in [1.165, 1.54) is 29.5 Å². The van der Waals surface area contributed by atoms with Gasteiger partial charge in [0.05, 0.1) is 23.0 Å². The molecule has 1 unspecified atom stereocenters. The second-order valence-electron chi connectivity index (χ2n) is 7.53. The molecule has 1 aliphatic rings. The number of H-pyrrole nitrogens is 1. The summed E-state index contributed by atoms with van der Waals surface area (Å²) < 4.78 is 19.1. The first-order valence-corrected chi connectivity index (χ1v) is 11.2. The molecule has 10 heteroatoms. The van der Waals surface area contributed by atoms with Crippen LogP contribution in [0.15, 0.2) is 54.6 Å². The Morgan fingerprint density at radius 3 is 2.70 bits per heavy atom. The minimum absolute atomic E-state index is 0.00873. The van der Waals surface area contributed by atoms with E-state index in [0.717, 1.165) is 24.7 Å². The molecule has 2 amide bonds. The van der Waals surface area contributed by atoms with Crippen molar-refractivity contribution in [2.24, 2.45) is 0 Å². The van der Waals surface area contributed by atoms with E-state index in [0.29, 0.717) is 33.2 Å². The van der Waals surface area contributed by atoms with Gasteiger partial charge in [-0.2, -0.15) is 5.10 Å². The zero-order chi connectivity index (χ0) is 22.8. The Hall–Kier alpha value is -3.60. The number of rotatable bonds is 5. The summed E-state index contributed by atoms with van der Waals surface area (Å²) in [6, 6.07) is 14.6. The van der Waals surface area contributed by atoms with Crippen LogP contribution >= 0.6 is 11.3 Å². The first kappa shape index (κ1) is 21.3. The van der Waals surface area contributed by atoms with Gasteiger partial charge in [-0.15, -0.1) is 11.3 Å². The molecule has 33 heavy (non-hydrogen) atoms. The normalized spacial score (nSPS) is 16.0. The van der Waals surface area contributed by atoms with Gasteiger partial charge in [0, 0.05) is 24.3 Å². The number of hydrogen-bond donors (Lipinski definition) is 4. The first-order valence-electron chi connectivity index (χ1n) is 10.4. The zero-order valence-electron chi connectivity index (χ0n) is 17.4. The van der Waals surface area contributed by atoms with E-state index in [1.54, 1.807) is 6.07 Å². The van der Waals surface area contributed by atoms with Crippen LogP contribution in [-0.4, -0.2) is 41.7 Å². The van der Waals surface area contributed by atoms with Crippen molar-refractivity contribution in [3.63, 3.8) is 0 Å². The van der Waals surface area contributed by atoms with E-state index in [9.17, 15) is 14.0 Å². The highest BCUT2D eigenvalue weighted by Gasteiger charge is 2.18. The van der Waals surface area contributed by atoms with E-state index >= 15 is 0 Å². The number of amides is 2. The number of carbonyl (C=O) groups excluding carboxylic acids is 2. The third-order valence-corrected chi connectivity index (χ3v) is 6.30. The van der Waals surface area contributed by atoms with Crippen molar-refractivity contribution < 1.29 is 18.7 Å². The molecule has 5 rings (SSSR count). The molecule has 1 fully saturated rings. The molecule has 8 nitrogen and oxygen atoms in total. The number of hydrogen-bond acceptors (Lipinski definition) is 6. The summed E-state index contributed by atoms with van der Waals surface area (Å²) in [6.45, 7) is 2.29. The summed E-state index contributed by atoms with van der Waals surface area (Å²) in [7, 11) is 0. The Morgan fingerprint density at radius 1 is 1.09 bits per heavy atom. The predicted molar refractivity (Wildman–Crippen MR) is 124 cm³/mol. The average Bonchev–Trinajstić information content (AvgIpc) is 3.42. The monoisotopic (exact) mass is 465 g/mol. The maximum atomic E-state index is 13.4. The summed E-state index contributed by atoms with van der Waals surface area (Å²) in [5, 5.41) is 16.4. The minimum atomic E-state index is -0.497. The van der Waals surface area contributed by atoms with Crippen LogP contribution in [0.5, 0.6) is 0 Å². The number of anilines is 2. The summed E-state index contributed by atoms with van der Waals surface area (Å²) in [4.78, 5) is 26.2. The van der Waals surface area contributed by atoms with E-state index < -0.39 is 11.7 Å². The van der Waals surface area contributed by atoms with Crippen molar-refractivity contribution in [2.75, 3.05) is 30.3 Å². The lowest BCUT2D eigenvalue weighted by Crippen LogP contribution is -2.33. The number of thiophene rings is 1. The highest BCUT2D eigenvalue weighted by molar-refractivity contribution is 7.20. The number of aromatic amines is 1. The number of ether oxygens (including phenoxy) is 1. The Labute approximate surface area is 192 Å². The lowest BCUT2D eigenvalue weighted by Gasteiger charge is -2.24. The van der Waals surface area contributed by atoms with Crippen LogP contribution in [0, 0.1) is 5.82 Å².